The standard InChI is InChI=1S/C13H25N3/c1-7-12(2,3)9-16-10-15-8-11(16)13(4,5)14-6/h8,10,14H,7,9H2,1-6H3. The van der Waals surface area contributed by atoms with Gasteiger partial charge in [-0.1, -0.05) is 20.8 Å². The summed E-state index contributed by atoms with van der Waals surface area (Å²) in [5.74, 6) is 0. The van der Waals surface area contributed by atoms with E-state index < -0.39 is 0 Å². The number of aromatic nitrogens is 2. The second-order valence-corrected chi connectivity index (χ2v) is 5.80. The number of hydrogen-bond acceptors (Lipinski definition) is 2. The first kappa shape index (κ1) is 13.2. The van der Waals surface area contributed by atoms with Gasteiger partial charge in [0.15, 0.2) is 0 Å². The van der Waals surface area contributed by atoms with Gasteiger partial charge >= 0.3 is 0 Å². The number of imidazole rings is 1. The van der Waals surface area contributed by atoms with Gasteiger partial charge in [-0.15, -0.1) is 0 Å². The van der Waals surface area contributed by atoms with Crippen molar-refractivity contribution in [3.63, 3.8) is 0 Å². The average molecular weight is 223 g/mol. The van der Waals surface area contributed by atoms with Crippen molar-refractivity contribution in [2.75, 3.05) is 7.05 Å². The van der Waals surface area contributed by atoms with Gasteiger partial charge in [0, 0.05) is 12.7 Å². The van der Waals surface area contributed by atoms with Gasteiger partial charge in [-0.2, -0.15) is 0 Å². The number of rotatable bonds is 5. The molecule has 1 N–H and O–H groups in total. The minimum Gasteiger partial charge on any atom is -0.332 e. The Bertz CT molecular complexity index is 337. The summed E-state index contributed by atoms with van der Waals surface area (Å²) >= 11 is 0. The van der Waals surface area contributed by atoms with Gasteiger partial charge in [-0.05, 0) is 32.7 Å². The third kappa shape index (κ3) is 2.85. The SMILES string of the molecule is CCC(C)(C)Cn1cncc1C(C)(C)NC. The van der Waals surface area contributed by atoms with Crippen LogP contribution in [0.3, 0.4) is 0 Å². The zero-order valence-electron chi connectivity index (χ0n) is 11.5. The Kier molecular flexibility index (Phi) is 3.79. The maximum Gasteiger partial charge on any atom is 0.0948 e. The summed E-state index contributed by atoms with van der Waals surface area (Å²) < 4.78 is 2.26. The van der Waals surface area contributed by atoms with Crippen LogP contribution in [-0.2, 0) is 12.1 Å². The van der Waals surface area contributed by atoms with Crippen molar-refractivity contribution in [1.82, 2.24) is 14.9 Å². The van der Waals surface area contributed by atoms with E-state index in [2.05, 4.69) is 49.5 Å². The van der Waals surface area contributed by atoms with E-state index in [1.54, 1.807) is 0 Å². The van der Waals surface area contributed by atoms with Crippen LogP contribution in [0.25, 0.3) is 0 Å². The van der Waals surface area contributed by atoms with E-state index in [1.165, 1.54) is 12.1 Å². The molecule has 0 unspecified atom stereocenters. The Morgan fingerprint density at radius 2 is 1.94 bits per heavy atom. The number of nitrogens with one attached hydrogen (secondary N) is 1. The summed E-state index contributed by atoms with van der Waals surface area (Å²) in [7, 11) is 1.99. The van der Waals surface area contributed by atoms with Crippen LogP contribution >= 0.6 is 0 Å². The van der Waals surface area contributed by atoms with E-state index >= 15 is 0 Å². The highest BCUT2D eigenvalue weighted by atomic mass is 15.1. The van der Waals surface area contributed by atoms with Crippen LogP contribution in [0.1, 0.15) is 46.7 Å². The molecule has 0 radical (unpaired) electrons. The summed E-state index contributed by atoms with van der Waals surface area (Å²) in [4.78, 5) is 4.28. The lowest BCUT2D eigenvalue weighted by molar-refractivity contribution is 0.278. The first-order chi connectivity index (χ1) is 7.32. The Hall–Kier alpha value is -0.830. The molecule has 0 atom stereocenters. The van der Waals surface area contributed by atoms with Crippen molar-refractivity contribution in [2.45, 2.75) is 53.1 Å². The Labute approximate surface area is 99.3 Å². The first-order valence-corrected chi connectivity index (χ1v) is 6.02. The van der Waals surface area contributed by atoms with Crippen molar-refractivity contribution in [3.05, 3.63) is 18.2 Å². The van der Waals surface area contributed by atoms with Crippen LogP contribution in [0.2, 0.25) is 0 Å². The van der Waals surface area contributed by atoms with Crippen LogP contribution < -0.4 is 5.32 Å². The summed E-state index contributed by atoms with van der Waals surface area (Å²) in [6.45, 7) is 12.2. The van der Waals surface area contributed by atoms with E-state index in [1.807, 2.05) is 19.6 Å². The van der Waals surface area contributed by atoms with Crippen molar-refractivity contribution in [1.29, 1.82) is 0 Å². The second-order valence-electron chi connectivity index (χ2n) is 5.80. The van der Waals surface area contributed by atoms with E-state index in [9.17, 15) is 0 Å². The molecule has 0 fully saturated rings. The molecule has 0 aliphatic carbocycles. The monoisotopic (exact) mass is 223 g/mol. The third-order valence-electron chi connectivity index (χ3n) is 3.53. The first-order valence-electron chi connectivity index (χ1n) is 6.02. The molecule has 3 heteroatoms. The Morgan fingerprint density at radius 3 is 2.44 bits per heavy atom. The van der Waals surface area contributed by atoms with Gasteiger partial charge in [0.25, 0.3) is 0 Å². The number of hydrogen-bond donors (Lipinski definition) is 1. The van der Waals surface area contributed by atoms with Crippen LogP contribution in [0.4, 0.5) is 0 Å². The molecule has 3 nitrogen and oxygen atoms in total. The van der Waals surface area contributed by atoms with Crippen LogP contribution in [0.15, 0.2) is 12.5 Å². The Morgan fingerprint density at radius 1 is 1.31 bits per heavy atom. The van der Waals surface area contributed by atoms with Gasteiger partial charge in [0.2, 0.25) is 0 Å². The van der Waals surface area contributed by atoms with Crippen molar-refractivity contribution < 1.29 is 0 Å². The fourth-order valence-electron chi connectivity index (χ4n) is 1.67. The summed E-state index contributed by atoms with van der Waals surface area (Å²) in [5, 5.41) is 3.33. The zero-order chi connectivity index (χ0) is 12.4. The van der Waals surface area contributed by atoms with Crippen molar-refractivity contribution in [2.24, 2.45) is 5.41 Å². The third-order valence-corrected chi connectivity index (χ3v) is 3.53. The van der Waals surface area contributed by atoms with E-state index in [0.717, 1.165) is 6.54 Å². The fraction of sp³-hybridized carbons (Fsp3) is 0.769. The topological polar surface area (TPSA) is 29.9 Å². The molecule has 1 heterocycles. The summed E-state index contributed by atoms with van der Waals surface area (Å²) in [6, 6.07) is 0. The Balaban J connectivity index is 2.95. The molecule has 1 aromatic rings. The lowest BCUT2D eigenvalue weighted by atomic mass is 9.89. The molecule has 1 rings (SSSR count). The molecular weight excluding hydrogens is 198 g/mol. The van der Waals surface area contributed by atoms with Crippen LogP contribution in [0, 0.1) is 5.41 Å². The van der Waals surface area contributed by atoms with Crippen molar-refractivity contribution in [3.8, 4) is 0 Å². The molecule has 0 aliphatic rings. The quantitative estimate of drug-likeness (QED) is 0.832. The molecule has 16 heavy (non-hydrogen) atoms. The van der Waals surface area contributed by atoms with Gasteiger partial charge in [-0.25, -0.2) is 4.98 Å². The van der Waals surface area contributed by atoms with Gasteiger partial charge < -0.3 is 9.88 Å². The predicted molar refractivity (Wildman–Crippen MR) is 68.4 cm³/mol. The molecular formula is C13H25N3. The molecule has 92 valence electrons. The minimum atomic E-state index is -0.0275. The van der Waals surface area contributed by atoms with Gasteiger partial charge in [-0.3, -0.25) is 0 Å². The maximum absolute atomic E-state index is 4.28. The number of nitrogens with zero attached hydrogens (tertiary/aromatic N) is 2. The zero-order valence-corrected chi connectivity index (χ0v) is 11.5. The van der Waals surface area contributed by atoms with Gasteiger partial charge in [0.1, 0.15) is 0 Å². The largest absolute Gasteiger partial charge is 0.332 e. The average Bonchev–Trinajstić information content (AvgIpc) is 2.66. The lowest BCUT2D eigenvalue weighted by Gasteiger charge is -2.29. The predicted octanol–water partition coefficient (Wildman–Crippen LogP) is 2.77. The summed E-state index contributed by atoms with van der Waals surface area (Å²) in [6.07, 6.45) is 5.07. The van der Waals surface area contributed by atoms with E-state index in [-0.39, 0.29) is 5.54 Å². The second kappa shape index (κ2) is 4.58. The molecule has 0 spiro atoms. The summed E-state index contributed by atoms with van der Waals surface area (Å²) in [5.41, 5.74) is 1.54. The molecule has 0 saturated heterocycles. The minimum absolute atomic E-state index is 0.0275. The highest BCUT2D eigenvalue weighted by Gasteiger charge is 2.25. The van der Waals surface area contributed by atoms with Crippen LogP contribution in [0.5, 0.6) is 0 Å². The van der Waals surface area contributed by atoms with Crippen LogP contribution in [-0.4, -0.2) is 16.6 Å². The highest BCUT2D eigenvalue weighted by molar-refractivity contribution is 5.11. The van der Waals surface area contributed by atoms with E-state index in [0.29, 0.717) is 5.41 Å². The molecule has 0 aromatic carbocycles. The molecule has 0 amide bonds. The fourth-order valence-corrected chi connectivity index (χ4v) is 1.67. The molecule has 0 bridgehead atoms. The highest BCUT2D eigenvalue weighted by Crippen LogP contribution is 2.26. The molecule has 0 saturated carbocycles. The smallest absolute Gasteiger partial charge is 0.0948 e. The van der Waals surface area contributed by atoms with Crippen molar-refractivity contribution >= 4 is 0 Å². The van der Waals surface area contributed by atoms with Gasteiger partial charge in [0.05, 0.1) is 17.6 Å². The van der Waals surface area contributed by atoms with E-state index in [4.69, 9.17) is 0 Å². The molecule has 1 aromatic heterocycles. The normalized spacial score (nSPS) is 13.1. The maximum atomic E-state index is 4.28. The lowest BCUT2D eigenvalue weighted by Crippen LogP contribution is -2.36. The molecule has 0 aliphatic heterocycles.